The van der Waals surface area contributed by atoms with E-state index in [4.69, 9.17) is 36.0 Å². The summed E-state index contributed by atoms with van der Waals surface area (Å²) in [5, 5.41) is 48.5. The molecule has 0 aliphatic carbocycles. The van der Waals surface area contributed by atoms with Gasteiger partial charge in [-0.05, 0) is 17.2 Å². The summed E-state index contributed by atoms with van der Waals surface area (Å²) < 4.78 is 14.7. The molecule has 8 rings (SSSR count). The maximum Gasteiger partial charge on any atom is 0.264 e. The number of benzene rings is 3. The Morgan fingerprint density at radius 3 is 2.02 bits per heavy atom. The second-order valence-corrected chi connectivity index (χ2v) is 14.8. The molecule has 1 aliphatic heterocycles. The third-order valence-electron chi connectivity index (χ3n) is 9.16. The highest BCUT2D eigenvalue weighted by Gasteiger charge is 2.58. The topological polar surface area (TPSA) is 199 Å². The van der Waals surface area contributed by atoms with Gasteiger partial charge in [0.2, 0.25) is 0 Å². The highest BCUT2D eigenvalue weighted by molar-refractivity contribution is 7.98. The van der Waals surface area contributed by atoms with Gasteiger partial charge in [-0.1, -0.05) is 108 Å². The Bertz CT molecular complexity index is 2460. The predicted octanol–water partition coefficient (Wildman–Crippen LogP) is 4.80. The largest absolute Gasteiger partial charge is 0.504 e. The van der Waals surface area contributed by atoms with E-state index in [1.54, 1.807) is 18.2 Å². The number of rotatable bonds is 13. The van der Waals surface area contributed by atoms with E-state index in [0.29, 0.717) is 44.5 Å². The van der Waals surface area contributed by atoms with E-state index in [1.165, 1.54) is 52.4 Å². The van der Waals surface area contributed by atoms with Crippen LogP contribution in [0.4, 0.5) is 5.82 Å². The minimum absolute atomic E-state index is 0.0218. The molecule has 3 aromatic carbocycles. The zero-order valence-corrected chi connectivity index (χ0v) is 31.5. The molecule has 55 heavy (non-hydrogen) atoms. The van der Waals surface area contributed by atoms with Crippen molar-refractivity contribution in [1.29, 1.82) is 0 Å². The number of nitrogens with zero attached hydrogens (tertiary/aromatic N) is 8. The van der Waals surface area contributed by atoms with Crippen LogP contribution in [0.25, 0.3) is 22.3 Å². The lowest BCUT2D eigenvalue weighted by Gasteiger charge is -2.34. The molecule has 1 aliphatic rings. The van der Waals surface area contributed by atoms with Crippen LogP contribution in [0, 0.1) is 0 Å². The lowest BCUT2D eigenvalue weighted by Crippen LogP contribution is -2.51. The lowest BCUT2D eigenvalue weighted by atomic mass is 10.1. The molecule has 0 saturated carbocycles. The fourth-order valence-corrected chi connectivity index (χ4v) is 8.25. The van der Waals surface area contributed by atoms with Gasteiger partial charge in [0.15, 0.2) is 55.7 Å². The van der Waals surface area contributed by atoms with Crippen LogP contribution in [0.1, 0.15) is 16.7 Å². The normalized spacial score (nSPS) is 19.7. The Hall–Kier alpha value is -5.01. The van der Waals surface area contributed by atoms with Gasteiger partial charge in [0.25, 0.3) is 5.85 Å². The number of aromatic nitrogens is 8. The van der Waals surface area contributed by atoms with Crippen LogP contribution >= 0.6 is 35.1 Å². The number of aliphatic hydroxyl groups is 3. The van der Waals surface area contributed by atoms with Crippen LogP contribution < -0.4 is 10.1 Å². The molecule has 0 amide bonds. The number of aromatic hydroxyl groups is 1. The van der Waals surface area contributed by atoms with E-state index >= 15 is 0 Å². The molecule has 4 atom stereocenters. The summed E-state index contributed by atoms with van der Waals surface area (Å²) in [6, 6.07) is 24.8. The average molecular weight is 800 g/mol. The molecule has 5 N–H and O–H groups in total. The van der Waals surface area contributed by atoms with Gasteiger partial charge in [-0.2, -0.15) is 0 Å². The smallest absolute Gasteiger partial charge is 0.264 e. The van der Waals surface area contributed by atoms with Gasteiger partial charge in [0.05, 0.1) is 13.7 Å². The molecule has 15 nitrogen and oxygen atoms in total. The Balaban J connectivity index is 1.27. The Morgan fingerprint density at radius 1 is 0.818 bits per heavy atom. The van der Waals surface area contributed by atoms with Crippen LogP contribution in [-0.2, 0) is 28.6 Å². The molecule has 18 heteroatoms. The minimum Gasteiger partial charge on any atom is -0.504 e. The van der Waals surface area contributed by atoms with Crippen molar-refractivity contribution in [2.75, 3.05) is 19.0 Å². The number of fused-ring (bicyclic) bond motifs is 2. The SMILES string of the molecule is COc1cccc(CNc2nc(SCc3ccccc3)nc3c2ncn3C2(n3cnc4c(Cl)nc(SCc5ccccc5)nc43)O[C@H](CO)[C@@H](O)[C@H]2O)c1O. The summed E-state index contributed by atoms with van der Waals surface area (Å²) >= 11 is 9.42. The Kier molecular flexibility index (Phi) is 10.5. The third kappa shape index (κ3) is 6.92. The standard InChI is InChI=1S/C37H34ClN9O6S2/c1-52-24-14-8-13-23(28(24)49)15-39-32-27-34(45-36(43-32)55-18-22-11-6-3-7-12-22)47(20-41-27)37(30(51)29(50)25(16-48)53-37)46-19-40-26-31(38)42-35(44-33(26)46)54-17-21-9-4-2-5-10-21/h2-14,19-20,25,29-30,48-51H,15-18H2,1H3,(H,39,43,45)/t25-,29-,30-,37?/m1/s1. The third-order valence-corrected chi connectivity index (χ3v) is 11.3. The fraction of sp³-hybridized carbons (Fsp3) is 0.243. The van der Waals surface area contributed by atoms with E-state index in [-0.39, 0.29) is 34.3 Å². The summed E-state index contributed by atoms with van der Waals surface area (Å²) in [6.07, 6.45) is -1.68. The highest BCUT2D eigenvalue weighted by atomic mass is 35.5. The Morgan fingerprint density at radius 2 is 1.42 bits per heavy atom. The van der Waals surface area contributed by atoms with Gasteiger partial charge in [-0.15, -0.1) is 0 Å². The average Bonchev–Trinajstić information content (AvgIpc) is 3.92. The number of nitrogens with one attached hydrogen (secondary N) is 1. The number of hydrogen-bond donors (Lipinski definition) is 5. The second-order valence-electron chi connectivity index (χ2n) is 12.5. The Labute approximate surface area is 327 Å². The molecule has 1 fully saturated rings. The van der Waals surface area contributed by atoms with Gasteiger partial charge in [-0.3, -0.25) is 9.13 Å². The first-order chi connectivity index (χ1) is 26.8. The number of halogens is 1. The van der Waals surface area contributed by atoms with Gasteiger partial charge >= 0.3 is 0 Å². The summed E-state index contributed by atoms with van der Waals surface area (Å²) in [4.78, 5) is 28.2. The van der Waals surface area contributed by atoms with Crippen molar-refractivity contribution in [3.63, 3.8) is 0 Å². The van der Waals surface area contributed by atoms with Crippen LogP contribution in [0.2, 0.25) is 5.15 Å². The monoisotopic (exact) mass is 799 g/mol. The van der Waals surface area contributed by atoms with Crippen molar-refractivity contribution in [2.45, 2.75) is 52.5 Å². The fourth-order valence-electron chi connectivity index (χ4n) is 6.39. The molecular weight excluding hydrogens is 766 g/mol. The summed E-state index contributed by atoms with van der Waals surface area (Å²) in [7, 11) is 1.48. The zero-order chi connectivity index (χ0) is 38.1. The van der Waals surface area contributed by atoms with E-state index in [9.17, 15) is 20.4 Å². The number of imidazole rings is 2. The molecule has 0 spiro atoms. The first-order valence-electron chi connectivity index (χ1n) is 17.0. The maximum atomic E-state index is 12.0. The number of methoxy groups -OCH3 is 1. The van der Waals surface area contributed by atoms with Crippen molar-refractivity contribution in [3.8, 4) is 11.5 Å². The number of anilines is 1. The van der Waals surface area contributed by atoms with Crippen LogP contribution in [0.15, 0.2) is 102 Å². The minimum atomic E-state index is -2.03. The molecule has 5 heterocycles. The molecule has 4 aromatic heterocycles. The number of para-hydroxylation sites is 1. The molecule has 282 valence electrons. The van der Waals surface area contributed by atoms with Crippen molar-refractivity contribution < 1.29 is 29.9 Å². The first-order valence-corrected chi connectivity index (χ1v) is 19.4. The molecular formula is C37H34ClN9O6S2. The number of aliphatic hydroxyl groups excluding tert-OH is 3. The number of phenolic OH excluding ortho intramolecular Hbond substituents is 1. The van der Waals surface area contributed by atoms with Crippen molar-refractivity contribution in [2.24, 2.45) is 0 Å². The van der Waals surface area contributed by atoms with E-state index in [1.807, 2.05) is 60.7 Å². The van der Waals surface area contributed by atoms with E-state index < -0.39 is 30.8 Å². The van der Waals surface area contributed by atoms with Gasteiger partial charge in [-0.25, -0.2) is 29.9 Å². The van der Waals surface area contributed by atoms with Crippen LogP contribution in [-0.4, -0.2) is 91.5 Å². The molecule has 0 radical (unpaired) electrons. The number of phenols is 1. The summed E-state index contributed by atoms with van der Waals surface area (Å²) in [6.45, 7) is -0.470. The first kappa shape index (κ1) is 36.9. The number of hydrogen-bond acceptors (Lipinski definition) is 15. The van der Waals surface area contributed by atoms with Gasteiger partial charge in [0, 0.05) is 23.6 Å². The van der Waals surface area contributed by atoms with Crippen LogP contribution in [0.3, 0.4) is 0 Å². The highest BCUT2D eigenvalue weighted by Crippen LogP contribution is 2.42. The van der Waals surface area contributed by atoms with Crippen molar-refractivity contribution in [3.05, 3.63) is 113 Å². The van der Waals surface area contributed by atoms with E-state index in [2.05, 4.69) is 20.3 Å². The quantitative estimate of drug-likeness (QED) is 0.0605. The van der Waals surface area contributed by atoms with Crippen molar-refractivity contribution in [1.82, 2.24) is 39.0 Å². The molecule has 1 unspecified atom stereocenters. The molecule has 1 saturated heterocycles. The van der Waals surface area contributed by atoms with Gasteiger partial charge in [0.1, 0.15) is 30.4 Å². The number of thioether (sulfide) groups is 2. The second kappa shape index (κ2) is 15.6. The van der Waals surface area contributed by atoms with Crippen LogP contribution in [0.5, 0.6) is 11.5 Å². The summed E-state index contributed by atoms with van der Waals surface area (Å²) in [5.74, 6) is -0.317. The molecule has 7 aromatic rings. The predicted molar refractivity (Wildman–Crippen MR) is 207 cm³/mol. The lowest BCUT2D eigenvalue weighted by molar-refractivity contribution is -0.163. The van der Waals surface area contributed by atoms with Crippen molar-refractivity contribution >= 4 is 63.3 Å². The summed E-state index contributed by atoms with van der Waals surface area (Å²) in [5.41, 5.74) is 3.57. The number of ether oxygens (including phenoxy) is 2. The molecule has 0 bridgehead atoms. The maximum absolute atomic E-state index is 12.0. The van der Waals surface area contributed by atoms with E-state index in [0.717, 1.165) is 11.1 Å². The van der Waals surface area contributed by atoms with Gasteiger partial charge < -0.3 is 35.2 Å². The zero-order valence-electron chi connectivity index (χ0n) is 29.1.